The lowest BCUT2D eigenvalue weighted by Gasteiger charge is -2.10. The second kappa shape index (κ2) is 8.17. The number of nitrogens with zero attached hydrogens (tertiary/aromatic N) is 3. The van der Waals surface area contributed by atoms with Gasteiger partial charge in [-0.15, -0.1) is 0 Å². The Bertz CT molecular complexity index is 603. The van der Waals surface area contributed by atoms with Crippen LogP contribution in [-0.4, -0.2) is 35.9 Å². The summed E-state index contributed by atoms with van der Waals surface area (Å²) in [5.41, 5.74) is 1.82. The molecule has 0 saturated carbocycles. The van der Waals surface area contributed by atoms with Crippen molar-refractivity contribution in [2.24, 2.45) is 4.99 Å². The molecule has 1 heterocycles. The summed E-state index contributed by atoms with van der Waals surface area (Å²) < 4.78 is 14.7. The zero-order valence-corrected chi connectivity index (χ0v) is 13.0. The van der Waals surface area contributed by atoms with Crippen LogP contribution in [0.15, 0.2) is 41.5 Å². The van der Waals surface area contributed by atoms with Crippen LogP contribution in [0.25, 0.3) is 5.69 Å². The van der Waals surface area contributed by atoms with Gasteiger partial charge in [0.2, 0.25) is 0 Å². The monoisotopic (exact) mass is 303 g/mol. The fraction of sp³-hybridized carbons (Fsp3) is 0.375. The minimum absolute atomic E-state index is 0.244. The number of aromatic nitrogens is 2. The molecular formula is C16H22FN5. The number of nitrogens with one attached hydrogen (secondary N) is 2. The predicted molar refractivity (Wildman–Crippen MR) is 86.9 cm³/mol. The zero-order chi connectivity index (χ0) is 15.8. The lowest BCUT2D eigenvalue weighted by atomic mass is 10.3. The summed E-state index contributed by atoms with van der Waals surface area (Å²) in [7, 11) is 1.76. The molecule has 0 aliphatic rings. The van der Waals surface area contributed by atoms with Crippen LogP contribution in [0.2, 0.25) is 0 Å². The Morgan fingerprint density at radius 2 is 1.91 bits per heavy atom. The van der Waals surface area contributed by atoms with Gasteiger partial charge >= 0.3 is 0 Å². The van der Waals surface area contributed by atoms with Crippen LogP contribution in [-0.2, 0) is 6.42 Å². The number of halogens is 1. The highest BCUT2D eigenvalue weighted by molar-refractivity contribution is 5.79. The Balaban J connectivity index is 1.86. The van der Waals surface area contributed by atoms with Crippen LogP contribution >= 0.6 is 0 Å². The third kappa shape index (κ3) is 4.58. The first-order valence-corrected chi connectivity index (χ1v) is 7.48. The Kier molecular flexibility index (Phi) is 5.94. The van der Waals surface area contributed by atoms with E-state index >= 15 is 0 Å². The van der Waals surface area contributed by atoms with Crippen molar-refractivity contribution < 1.29 is 4.39 Å². The summed E-state index contributed by atoms with van der Waals surface area (Å²) in [5.74, 6) is 0.561. The minimum Gasteiger partial charge on any atom is -0.356 e. The fourth-order valence-corrected chi connectivity index (χ4v) is 2.01. The molecule has 0 atom stereocenters. The largest absolute Gasteiger partial charge is 0.356 e. The maximum atomic E-state index is 12.9. The SMILES string of the molecule is CCCNC(=NC)NCCc1ccn(-c2ccc(F)cc2)n1. The molecule has 0 amide bonds. The summed E-state index contributed by atoms with van der Waals surface area (Å²) in [6, 6.07) is 8.25. The van der Waals surface area contributed by atoms with Crippen molar-refractivity contribution in [3.63, 3.8) is 0 Å². The van der Waals surface area contributed by atoms with E-state index in [2.05, 4.69) is 27.6 Å². The lowest BCUT2D eigenvalue weighted by Crippen LogP contribution is -2.38. The van der Waals surface area contributed by atoms with Crippen molar-refractivity contribution in [3.05, 3.63) is 48.0 Å². The highest BCUT2D eigenvalue weighted by Crippen LogP contribution is 2.09. The van der Waals surface area contributed by atoms with Gasteiger partial charge in [-0.25, -0.2) is 9.07 Å². The first kappa shape index (κ1) is 16.0. The van der Waals surface area contributed by atoms with E-state index in [1.54, 1.807) is 23.9 Å². The van der Waals surface area contributed by atoms with Gasteiger partial charge in [-0.2, -0.15) is 5.10 Å². The van der Waals surface area contributed by atoms with E-state index in [1.807, 2.05) is 12.3 Å². The van der Waals surface area contributed by atoms with E-state index in [1.165, 1.54) is 12.1 Å². The molecule has 2 N–H and O–H groups in total. The lowest BCUT2D eigenvalue weighted by molar-refractivity contribution is 0.627. The summed E-state index contributed by atoms with van der Waals surface area (Å²) in [4.78, 5) is 4.15. The number of hydrogen-bond acceptors (Lipinski definition) is 2. The minimum atomic E-state index is -0.244. The van der Waals surface area contributed by atoms with Crippen molar-refractivity contribution in [2.45, 2.75) is 19.8 Å². The molecular weight excluding hydrogens is 281 g/mol. The number of hydrogen-bond donors (Lipinski definition) is 2. The normalized spacial score (nSPS) is 11.5. The Morgan fingerprint density at radius 1 is 1.18 bits per heavy atom. The van der Waals surface area contributed by atoms with Gasteiger partial charge < -0.3 is 10.6 Å². The second-order valence-electron chi connectivity index (χ2n) is 4.90. The van der Waals surface area contributed by atoms with E-state index in [0.717, 1.165) is 43.3 Å². The molecule has 0 unspecified atom stereocenters. The molecule has 5 nitrogen and oxygen atoms in total. The topological polar surface area (TPSA) is 54.2 Å². The molecule has 118 valence electrons. The van der Waals surface area contributed by atoms with Crippen LogP contribution in [0.4, 0.5) is 4.39 Å². The standard InChI is InChI=1S/C16H22FN5/c1-3-10-19-16(18-2)20-11-8-14-9-12-22(21-14)15-6-4-13(17)5-7-15/h4-7,9,12H,3,8,10-11H2,1-2H3,(H2,18,19,20). The van der Waals surface area contributed by atoms with E-state index in [0.29, 0.717) is 0 Å². The van der Waals surface area contributed by atoms with Gasteiger partial charge in [-0.1, -0.05) is 6.92 Å². The van der Waals surface area contributed by atoms with Gasteiger partial charge in [0, 0.05) is 32.8 Å². The van der Waals surface area contributed by atoms with Gasteiger partial charge in [0.05, 0.1) is 11.4 Å². The maximum absolute atomic E-state index is 12.9. The number of rotatable bonds is 6. The quantitative estimate of drug-likeness (QED) is 0.635. The number of aliphatic imine (C=N–C) groups is 1. The van der Waals surface area contributed by atoms with Crippen molar-refractivity contribution in [1.29, 1.82) is 0 Å². The zero-order valence-electron chi connectivity index (χ0n) is 13.0. The third-order valence-electron chi connectivity index (χ3n) is 3.18. The molecule has 0 fully saturated rings. The van der Waals surface area contributed by atoms with Crippen LogP contribution < -0.4 is 10.6 Å². The summed E-state index contributed by atoms with van der Waals surface area (Å²) in [6.45, 7) is 3.77. The van der Waals surface area contributed by atoms with Crippen LogP contribution in [0, 0.1) is 5.82 Å². The third-order valence-corrected chi connectivity index (χ3v) is 3.18. The summed E-state index contributed by atoms with van der Waals surface area (Å²) in [5, 5.41) is 11.0. The molecule has 22 heavy (non-hydrogen) atoms. The van der Waals surface area contributed by atoms with Crippen LogP contribution in [0.1, 0.15) is 19.0 Å². The van der Waals surface area contributed by atoms with Crippen molar-refractivity contribution in [2.75, 3.05) is 20.1 Å². The van der Waals surface area contributed by atoms with Gasteiger partial charge in [-0.3, -0.25) is 4.99 Å². The Hall–Kier alpha value is -2.37. The summed E-state index contributed by atoms with van der Waals surface area (Å²) >= 11 is 0. The van der Waals surface area contributed by atoms with Crippen molar-refractivity contribution in [1.82, 2.24) is 20.4 Å². The molecule has 0 spiro atoms. The molecule has 6 heteroatoms. The first-order chi connectivity index (χ1) is 10.7. The predicted octanol–water partition coefficient (Wildman–Crippen LogP) is 2.13. The van der Waals surface area contributed by atoms with E-state index in [-0.39, 0.29) is 5.82 Å². The van der Waals surface area contributed by atoms with Gasteiger partial charge in [0.1, 0.15) is 5.82 Å². The number of guanidine groups is 1. The molecule has 1 aromatic carbocycles. The van der Waals surface area contributed by atoms with Gasteiger partial charge in [0.25, 0.3) is 0 Å². The first-order valence-electron chi connectivity index (χ1n) is 7.48. The number of benzene rings is 1. The molecule has 0 aliphatic heterocycles. The molecule has 2 aromatic rings. The van der Waals surface area contributed by atoms with E-state index in [9.17, 15) is 4.39 Å². The highest BCUT2D eigenvalue weighted by atomic mass is 19.1. The molecule has 1 aromatic heterocycles. The average Bonchev–Trinajstić information content (AvgIpc) is 3.00. The van der Waals surface area contributed by atoms with Crippen molar-refractivity contribution >= 4 is 5.96 Å². The molecule has 0 radical (unpaired) electrons. The molecule has 0 bridgehead atoms. The molecule has 0 aliphatic carbocycles. The second-order valence-corrected chi connectivity index (χ2v) is 4.90. The Morgan fingerprint density at radius 3 is 2.59 bits per heavy atom. The summed E-state index contributed by atoms with van der Waals surface area (Å²) in [6.07, 6.45) is 3.73. The Labute approximate surface area is 130 Å². The maximum Gasteiger partial charge on any atom is 0.190 e. The van der Waals surface area contributed by atoms with Crippen molar-refractivity contribution in [3.8, 4) is 5.69 Å². The fourth-order valence-electron chi connectivity index (χ4n) is 2.01. The average molecular weight is 303 g/mol. The van der Waals surface area contributed by atoms with Crippen LogP contribution in [0.5, 0.6) is 0 Å². The highest BCUT2D eigenvalue weighted by Gasteiger charge is 2.02. The van der Waals surface area contributed by atoms with E-state index in [4.69, 9.17) is 0 Å². The molecule has 0 saturated heterocycles. The van der Waals surface area contributed by atoms with Gasteiger partial charge in [-0.05, 0) is 36.8 Å². The van der Waals surface area contributed by atoms with E-state index < -0.39 is 0 Å². The smallest absolute Gasteiger partial charge is 0.190 e. The van der Waals surface area contributed by atoms with Gasteiger partial charge in [0.15, 0.2) is 5.96 Å². The molecule has 2 rings (SSSR count). The van der Waals surface area contributed by atoms with Crippen LogP contribution in [0.3, 0.4) is 0 Å².